The first-order chi connectivity index (χ1) is 12.7. The van der Waals surface area contributed by atoms with Gasteiger partial charge in [-0.05, 0) is 17.9 Å². The van der Waals surface area contributed by atoms with E-state index < -0.39 is 5.66 Å². The van der Waals surface area contributed by atoms with Crippen LogP contribution in [0.2, 0.25) is 0 Å². The fourth-order valence-corrected chi connectivity index (χ4v) is 3.32. The Kier molecular flexibility index (Phi) is 5.78. The van der Waals surface area contributed by atoms with Gasteiger partial charge in [0.1, 0.15) is 0 Å². The van der Waals surface area contributed by atoms with Crippen LogP contribution in [-0.4, -0.2) is 33.2 Å². The summed E-state index contributed by atoms with van der Waals surface area (Å²) in [5.41, 5.74) is -0.434. The van der Waals surface area contributed by atoms with Crippen molar-refractivity contribution in [1.29, 1.82) is 0 Å². The molecular formula is C18H21N5O2S. The van der Waals surface area contributed by atoms with Gasteiger partial charge in [0.2, 0.25) is 11.8 Å². The van der Waals surface area contributed by atoms with Crippen LogP contribution in [0.4, 0.5) is 0 Å². The average Bonchev–Trinajstić information content (AvgIpc) is 3.04. The zero-order chi connectivity index (χ0) is 18.4. The largest absolute Gasteiger partial charge is 0.418 e. The van der Waals surface area contributed by atoms with Crippen molar-refractivity contribution < 1.29 is 9.21 Å². The molecule has 0 unspecified atom stereocenters. The smallest absolute Gasteiger partial charge is 0.257 e. The van der Waals surface area contributed by atoms with Crippen LogP contribution in [0.1, 0.15) is 44.9 Å². The Bertz CT molecular complexity index is 800. The molecule has 0 spiro atoms. The standard InChI is InChI=1S/C18H21N5O2S/c1-3-5-9-18(21-22-18)10-8-16(24)23(11-4-2)13-15-19-20-17(25-15)14-7-6-12-26-14/h1,6-7,12H,4-5,8-11,13H2,2H3. The number of carbonyl (C=O) groups excluding carboxylic acids is 1. The van der Waals surface area contributed by atoms with Crippen molar-refractivity contribution in [3.05, 3.63) is 23.4 Å². The Morgan fingerprint density at radius 3 is 2.88 bits per heavy atom. The van der Waals surface area contributed by atoms with Gasteiger partial charge in [-0.15, -0.1) is 33.9 Å². The molecule has 0 atom stereocenters. The molecule has 136 valence electrons. The van der Waals surface area contributed by atoms with Crippen molar-refractivity contribution in [2.75, 3.05) is 6.54 Å². The van der Waals surface area contributed by atoms with Crippen LogP contribution in [0.25, 0.3) is 10.8 Å². The van der Waals surface area contributed by atoms with Crippen LogP contribution in [0, 0.1) is 12.3 Å². The minimum absolute atomic E-state index is 0.0418. The van der Waals surface area contributed by atoms with Gasteiger partial charge < -0.3 is 9.32 Å². The normalized spacial score (nSPS) is 14.2. The molecule has 0 radical (unpaired) electrons. The number of thiophene rings is 1. The summed E-state index contributed by atoms with van der Waals surface area (Å²) in [4.78, 5) is 15.3. The molecule has 0 bridgehead atoms. The molecule has 3 heterocycles. The Morgan fingerprint density at radius 1 is 1.38 bits per heavy atom. The first-order valence-corrected chi connectivity index (χ1v) is 9.55. The molecule has 0 saturated heterocycles. The summed E-state index contributed by atoms with van der Waals surface area (Å²) in [5.74, 6) is 3.57. The lowest BCUT2D eigenvalue weighted by Gasteiger charge is -2.21. The molecular weight excluding hydrogens is 350 g/mol. The second-order valence-electron chi connectivity index (χ2n) is 6.18. The molecule has 1 aliphatic heterocycles. The monoisotopic (exact) mass is 371 g/mol. The third-order valence-corrected chi connectivity index (χ3v) is 5.02. The van der Waals surface area contributed by atoms with Gasteiger partial charge >= 0.3 is 0 Å². The molecule has 7 nitrogen and oxygen atoms in total. The summed E-state index contributed by atoms with van der Waals surface area (Å²) >= 11 is 1.54. The van der Waals surface area contributed by atoms with E-state index in [1.54, 1.807) is 4.90 Å². The van der Waals surface area contributed by atoms with E-state index in [0.29, 0.717) is 50.6 Å². The maximum atomic E-state index is 12.6. The van der Waals surface area contributed by atoms with Crippen molar-refractivity contribution >= 4 is 17.2 Å². The highest BCUT2D eigenvalue weighted by atomic mass is 32.1. The molecule has 0 fully saturated rings. The first-order valence-electron chi connectivity index (χ1n) is 8.67. The van der Waals surface area contributed by atoms with E-state index in [4.69, 9.17) is 10.8 Å². The van der Waals surface area contributed by atoms with Crippen molar-refractivity contribution in [3.63, 3.8) is 0 Å². The topological polar surface area (TPSA) is 84.0 Å². The highest BCUT2D eigenvalue weighted by Gasteiger charge is 2.39. The second kappa shape index (κ2) is 8.23. The predicted molar refractivity (Wildman–Crippen MR) is 98.2 cm³/mol. The number of aromatic nitrogens is 2. The van der Waals surface area contributed by atoms with Crippen molar-refractivity contribution in [2.24, 2.45) is 10.2 Å². The fraction of sp³-hybridized carbons (Fsp3) is 0.500. The lowest BCUT2D eigenvalue weighted by atomic mass is 10.0. The summed E-state index contributed by atoms with van der Waals surface area (Å²) in [6.07, 6.45) is 8.45. The third-order valence-electron chi connectivity index (χ3n) is 4.16. The van der Waals surface area contributed by atoms with Crippen molar-refractivity contribution in [3.8, 4) is 23.1 Å². The number of amides is 1. The van der Waals surface area contributed by atoms with Crippen LogP contribution in [-0.2, 0) is 11.3 Å². The quantitative estimate of drug-likeness (QED) is 0.593. The van der Waals surface area contributed by atoms with E-state index in [0.717, 1.165) is 11.3 Å². The van der Waals surface area contributed by atoms with Gasteiger partial charge in [0.25, 0.3) is 5.89 Å². The first kappa shape index (κ1) is 18.3. The Morgan fingerprint density at radius 2 is 2.23 bits per heavy atom. The van der Waals surface area contributed by atoms with E-state index in [1.807, 2.05) is 24.4 Å². The lowest BCUT2D eigenvalue weighted by Crippen LogP contribution is -2.32. The van der Waals surface area contributed by atoms with Gasteiger partial charge in [-0.2, -0.15) is 10.2 Å². The number of hydrogen-bond donors (Lipinski definition) is 0. The molecule has 0 saturated carbocycles. The molecule has 2 aromatic rings. The zero-order valence-corrected chi connectivity index (χ0v) is 15.5. The van der Waals surface area contributed by atoms with E-state index in [1.165, 1.54) is 11.3 Å². The number of rotatable bonds is 10. The number of nitrogens with zero attached hydrogens (tertiary/aromatic N) is 5. The van der Waals surface area contributed by atoms with Gasteiger partial charge in [-0.3, -0.25) is 4.79 Å². The van der Waals surface area contributed by atoms with E-state index >= 15 is 0 Å². The SMILES string of the molecule is C#CCCC1(CCC(=O)N(CCC)Cc2nnc(-c3cccs3)o2)N=N1. The molecule has 2 aromatic heterocycles. The molecule has 0 N–H and O–H groups in total. The molecule has 0 aromatic carbocycles. The van der Waals surface area contributed by atoms with Gasteiger partial charge in [0, 0.05) is 32.2 Å². The summed E-state index contributed by atoms with van der Waals surface area (Å²) < 4.78 is 5.70. The molecule has 26 heavy (non-hydrogen) atoms. The van der Waals surface area contributed by atoms with Gasteiger partial charge in [0.15, 0.2) is 5.66 Å². The molecule has 8 heteroatoms. The maximum Gasteiger partial charge on any atom is 0.257 e. The van der Waals surface area contributed by atoms with Crippen LogP contribution >= 0.6 is 11.3 Å². The molecule has 1 amide bonds. The Hall–Kier alpha value is -2.53. The predicted octanol–water partition coefficient (Wildman–Crippen LogP) is 3.89. The van der Waals surface area contributed by atoms with Crippen LogP contribution < -0.4 is 0 Å². The van der Waals surface area contributed by atoms with E-state index in [9.17, 15) is 4.79 Å². The Labute approximate surface area is 156 Å². The minimum Gasteiger partial charge on any atom is -0.418 e. The average molecular weight is 371 g/mol. The van der Waals surface area contributed by atoms with Crippen molar-refractivity contribution in [1.82, 2.24) is 15.1 Å². The highest BCUT2D eigenvalue weighted by molar-refractivity contribution is 7.13. The number of hydrogen-bond acceptors (Lipinski definition) is 7. The highest BCUT2D eigenvalue weighted by Crippen LogP contribution is 2.37. The van der Waals surface area contributed by atoms with Gasteiger partial charge in [-0.25, -0.2) is 0 Å². The number of carbonyl (C=O) groups is 1. The van der Waals surface area contributed by atoms with Crippen LogP contribution in [0.5, 0.6) is 0 Å². The molecule has 1 aliphatic rings. The third kappa shape index (κ3) is 4.55. The van der Waals surface area contributed by atoms with Crippen LogP contribution in [0.3, 0.4) is 0 Å². The maximum absolute atomic E-state index is 12.6. The summed E-state index contributed by atoms with van der Waals surface area (Å²) in [6.45, 7) is 2.99. The van der Waals surface area contributed by atoms with Gasteiger partial charge in [-0.1, -0.05) is 13.0 Å². The fourth-order valence-electron chi connectivity index (χ4n) is 2.68. The van der Waals surface area contributed by atoms with E-state index in [-0.39, 0.29) is 5.91 Å². The second-order valence-corrected chi connectivity index (χ2v) is 7.13. The van der Waals surface area contributed by atoms with Gasteiger partial charge in [0.05, 0.1) is 11.4 Å². The van der Waals surface area contributed by atoms with Crippen LogP contribution in [0.15, 0.2) is 32.2 Å². The lowest BCUT2D eigenvalue weighted by molar-refractivity contribution is -0.132. The van der Waals surface area contributed by atoms with Crippen molar-refractivity contribution in [2.45, 2.75) is 51.2 Å². The molecule has 0 aliphatic carbocycles. The summed E-state index contributed by atoms with van der Waals surface area (Å²) in [7, 11) is 0. The minimum atomic E-state index is -0.434. The summed E-state index contributed by atoms with van der Waals surface area (Å²) in [6, 6.07) is 3.86. The Balaban J connectivity index is 1.56. The number of terminal acetylenes is 1. The summed E-state index contributed by atoms with van der Waals surface area (Å²) in [5, 5.41) is 18.3. The zero-order valence-electron chi connectivity index (χ0n) is 14.7. The molecule has 3 rings (SSSR count). The van der Waals surface area contributed by atoms with E-state index in [2.05, 4.69) is 26.3 Å².